The largest absolute Gasteiger partial charge is 0.430 e. The molecule has 0 fully saturated rings. The van der Waals surface area contributed by atoms with E-state index in [2.05, 4.69) is 10.3 Å². The molecular weight excluding hydrogens is 474 g/mol. The number of hydrogen-bond donors (Lipinski definition) is 2. The number of allylic oxidation sites excluding steroid dienone is 2. The first-order valence-corrected chi connectivity index (χ1v) is 10.4. The molecule has 1 amide bonds. The molecule has 3 rings (SSSR count). The topological polar surface area (TPSA) is 67.5 Å². The lowest BCUT2D eigenvalue weighted by Crippen LogP contribution is -2.21. The first-order valence-electron chi connectivity index (χ1n) is 9.61. The highest BCUT2D eigenvalue weighted by molar-refractivity contribution is 6.34. The van der Waals surface area contributed by atoms with Gasteiger partial charge in [-0.2, -0.15) is 13.2 Å². The van der Waals surface area contributed by atoms with E-state index in [1.165, 1.54) is 24.3 Å². The Morgan fingerprint density at radius 2 is 1.55 bits per heavy atom. The summed E-state index contributed by atoms with van der Waals surface area (Å²) in [7, 11) is 0. The molecule has 170 valence electrons. The van der Waals surface area contributed by atoms with Crippen molar-refractivity contribution in [3.63, 3.8) is 0 Å². The minimum absolute atomic E-state index is 0.0631. The first-order chi connectivity index (χ1) is 15.6. The summed E-state index contributed by atoms with van der Waals surface area (Å²) in [5.41, 5.74) is 5.98. The normalized spacial score (nSPS) is 12.5. The summed E-state index contributed by atoms with van der Waals surface area (Å²) in [5, 5.41) is 3.40. The number of halogens is 5. The Labute approximate surface area is 198 Å². The number of hydrogen-bond acceptors (Lipinski definition) is 3. The monoisotopic (exact) mass is 491 g/mol. The van der Waals surface area contributed by atoms with E-state index in [4.69, 9.17) is 28.9 Å². The number of nitrogens with zero attached hydrogens (tertiary/aromatic N) is 1. The predicted molar refractivity (Wildman–Crippen MR) is 127 cm³/mol. The molecule has 4 nitrogen and oxygen atoms in total. The van der Waals surface area contributed by atoms with Crippen LogP contribution in [0.5, 0.6) is 0 Å². The minimum Gasteiger partial charge on any atom is -0.395 e. The predicted octanol–water partition coefficient (Wildman–Crippen LogP) is 7.08. The van der Waals surface area contributed by atoms with Crippen LogP contribution in [0.3, 0.4) is 0 Å². The van der Waals surface area contributed by atoms with Gasteiger partial charge >= 0.3 is 6.18 Å². The fraction of sp³-hybridized carbons (Fsp3) is 0.0833. The third kappa shape index (κ3) is 6.15. The molecule has 0 aliphatic heterocycles. The number of rotatable bonds is 5. The fourth-order valence-corrected chi connectivity index (χ4v) is 3.30. The van der Waals surface area contributed by atoms with Gasteiger partial charge in [-0.05, 0) is 48.9 Å². The Bertz CT molecular complexity index is 1220. The number of amides is 1. The van der Waals surface area contributed by atoms with Crippen molar-refractivity contribution in [3.05, 3.63) is 105 Å². The molecule has 0 heterocycles. The van der Waals surface area contributed by atoms with Crippen molar-refractivity contribution in [1.29, 1.82) is 0 Å². The molecular formula is C24H18Cl2F3N3O. The Hall–Kier alpha value is -3.29. The number of anilines is 1. The quantitative estimate of drug-likeness (QED) is 0.374. The summed E-state index contributed by atoms with van der Waals surface area (Å²) in [6, 6.07) is 17.6. The Kier molecular flexibility index (Phi) is 7.46. The van der Waals surface area contributed by atoms with Crippen molar-refractivity contribution in [3.8, 4) is 0 Å². The second-order valence-corrected chi connectivity index (χ2v) is 7.82. The zero-order chi connectivity index (χ0) is 24.2. The lowest BCUT2D eigenvalue weighted by molar-refractivity contribution is -0.0925. The summed E-state index contributed by atoms with van der Waals surface area (Å²) >= 11 is 12.3. The van der Waals surface area contributed by atoms with Crippen LogP contribution < -0.4 is 11.1 Å². The van der Waals surface area contributed by atoms with E-state index in [1.807, 2.05) is 0 Å². The molecule has 0 spiro atoms. The molecule has 0 unspecified atom stereocenters. The zero-order valence-electron chi connectivity index (χ0n) is 17.3. The van der Waals surface area contributed by atoms with Crippen LogP contribution >= 0.6 is 23.2 Å². The number of nitrogens with one attached hydrogen (secondary N) is 1. The zero-order valence-corrected chi connectivity index (χ0v) is 18.8. The van der Waals surface area contributed by atoms with Crippen molar-refractivity contribution < 1.29 is 18.0 Å². The summed E-state index contributed by atoms with van der Waals surface area (Å²) in [5.74, 6) is -0.423. The van der Waals surface area contributed by atoms with E-state index >= 15 is 0 Å². The molecule has 0 radical (unpaired) electrons. The molecule has 0 aliphatic carbocycles. The second kappa shape index (κ2) is 10.1. The summed E-state index contributed by atoms with van der Waals surface area (Å²) < 4.78 is 39.1. The van der Waals surface area contributed by atoms with Crippen LogP contribution in [-0.4, -0.2) is 17.8 Å². The number of alkyl halides is 3. The molecule has 0 bridgehead atoms. The smallest absolute Gasteiger partial charge is 0.395 e. The van der Waals surface area contributed by atoms with E-state index in [0.717, 1.165) is 11.6 Å². The third-order valence-corrected chi connectivity index (χ3v) is 5.25. The van der Waals surface area contributed by atoms with Crippen molar-refractivity contribution in [1.82, 2.24) is 0 Å². The highest BCUT2D eigenvalue weighted by Crippen LogP contribution is 2.28. The standard InChI is InChI=1S/C24H18Cl2F3N3O/c1-14-5-4-7-18(26)22(14)32-23(33)16-11-9-15(10-12-16)20(13-21(30)24(27,28)29)31-19-8-3-2-6-17(19)25/h2-13H,30H2,1H3,(H,32,33)/b21-13-,31-20?. The van der Waals surface area contributed by atoms with Gasteiger partial charge in [-0.25, -0.2) is 4.99 Å². The van der Waals surface area contributed by atoms with Crippen LogP contribution in [-0.2, 0) is 0 Å². The Balaban J connectivity index is 1.96. The molecule has 33 heavy (non-hydrogen) atoms. The molecule has 3 N–H and O–H groups in total. The number of aryl methyl sites for hydroxylation is 1. The lowest BCUT2D eigenvalue weighted by Gasteiger charge is -2.11. The van der Waals surface area contributed by atoms with Gasteiger partial charge in [0, 0.05) is 11.1 Å². The van der Waals surface area contributed by atoms with Gasteiger partial charge in [0.15, 0.2) is 0 Å². The van der Waals surface area contributed by atoms with Gasteiger partial charge in [0.1, 0.15) is 5.70 Å². The number of carbonyl (C=O) groups is 1. The number of nitrogens with two attached hydrogens (primary N) is 1. The maximum atomic E-state index is 13.0. The van der Waals surface area contributed by atoms with Crippen molar-refractivity contribution >= 4 is 46.2 Å². The number of benzene rings is 3. The average Bonchev–Trinajstić information content (AvgIpc) is 2.76. The van der Waals surface area contributed by atoms with Crippen LogP contribution in [0, 0.1) is 6.92 Å². The maximum absolute atomic E-state index is 13.0. The van der Waals surface area contributed by atoms with E-state index in [-0.39, 0.29) is 22.0 Å². The van der Waals surface area contributed by atoms with Crippen LogP contribution in [0.1, 0.15) is 21.5 Å². The number of para-hydroxylation sites is 2. The van der Waals surface area contributed by atoms with Gasteiger partial charge in [0.05, 0.1) is 27.1 Å². The third-order valence-electron chi connectivity index (χ3n) is 4.62. The Morgan fingerprint density at radius 1 is 0.939 bits per heavy atom. The van der Waals surface area contributed by atoms with E-state index < -0.39 is 17.8 Å². The van der Waals surface area contributed by atoms with Crippen LogP contribution in [0.4, 0.5) is 24.5 Å². The van der Waals surface area contributed by atoms with Gasteiger partial charge in [-0.15, -0.1) is 0 Å². The molecule has 0 saturated carbocycles. The molecule has 0 saturated heterocycles. The number of carbonyl (C=O) groups excluding carboxylic acids is 1. The maximum Gasteiger partial charge on any atom is 0.430 e. The van der Waals surface area contributed by atoms with E-state index in [0.29, 0.717) is 16.3 Å². The van der Waals surface area contributed by atoms with Gasteiger partial charge in [0.2, 0.25) is 0 Å². The molecule has 0 aliphatic rings. The molecule has 3 aromatic carbocycles. The van der Waals surface area contributed by atoms with Crippen molar-refractivity contribution in [2.75, 3.05) is 5.32 Å². The lowest BCUT2D eigenvalue weighted by atomic mass is 10.1. The second-order valence-electron chi connectivity index (χ2n) is 7.01. The van der Waals surface area contributed by atoms with E-state index in [1.54, 1.807) is 49.4 Å². The molecule has 9 heteroatoms. The highest BCUT2D eigenvalue weighted by Gasteiger charge is 2.31. The van der Waals surface area contributed by atoms with Gasteiger partial charge in [-0.1, -0.05) is 59.6 Å². The van der Waals surface area contributed by atoms with E-state index in [9.17, 15) is 18.0 Å². The highest BCUT2D eigenvalue weighted by atomic mass is 35.5. The molecule has 0 aromatic heterocycles. The van der Waals surface area contributed by atoms with Crippen molar-refractivity contribution in [2.45, 2.75) is 13.1 Å². The molecule has 3 aromatic rings. The Morgan fingerprint density at radius 3 is 2.15 bits per heavy atom. The van der Waals surface area contributed by atoms with Gasteiger partial charge < -0.3 is 11.1 Å². The number of aliphatic imine (C=N–C) groups is 1. The van der Waals surface area contributed by atoms with Crippen LogP contribution in [0.25, 0.3) is 0 Å². The van der Waals surface area contributed by atoms with Gasteiger partial charge in [-0.3, -0.25) is 4.79 Å². The molecule has 0 atom stereocenters. The summed E-state index contributed by atoms with van der Waals surface area (Å²) in [6.07, 6.45) is -4.00. The fourth-order valence-electron chi connectivity index (χ4n) is 2.85. The van der Waals surface area contributed by atoms with Crippen LogP contribution in [0.2, 0.25) is 10.0 Å². The van der Waals surface area contributed by atoms with Gasteiger partial charge in [0.25, 0.3) is 5.91 Å². The van der Waals surface area contributed by atoms with Crippen molar-refractivity contribution in [2.24, 2.45) is 10.7 Å². The summed E-state index contributed by atoms with van der Waals surface area (Å²) in [6.45, 7) is 1.80. The average molecular weight is 492 g/mol. The summed E-state index contributed by atoms with van der Waals surface area (Å²) in [4.78, 5) is 16.9. The first kappa shape index (κ1) is 24.4. The van der Waals surface area contributed by atoms with Crippen LogP contribution in [0.15, 0.2) is 83.5 Å². The minimum atomic E-state index is -4.73. The SMILES string of the molecule is Cc1cccc(Cl)c1NC(=O)c1ccc(C(/C=C(\N)C(F)(F)F)=Nc2ccccc2Cl)cc1.